The second-order valence-electron chi connectivity index (χ2n) is 2.58. The van der Waals surface area contributed by atoms with Crippen molar-refractivity contribution in [2.24, 2.45) is 0 Å². The van der Waals surface area contributed by atoms with Crippen LogP contribution in [0.15, 0.2) is 16.6 Å². The van der Waals surface area contributed by atoms with Crippen molar-refractivity contribution in [1.82, 2.24) is 0 Å². The van der Waals surface area contributed by atoms with Gasteiger partial charge in [-0.3, -0.25) is 4.79 Å². The van der Waals surface area contributed by atoms with Crippen LogP contribution in [0.4, 0.5) is 18.9 Å². The van der Waals surface area contributed by atoms with Crippen LogP contribution in [0.5, 0.6) is 5.75 Å². The van der Waals surface area contributed by atoms with Gasteiger partial charge in [-0.25, -0.2) is 0 Å². The Bertz CT molecular complexity index is 392. The first-order chi connectivity index (χ1) is 6.83. The average Bonchev–Trinajstić information content (AvgIpc) is 2.08. The lowest BCUT2D eigenvalue weighted by Gasteiger charge is -2.11. The van der Waals surface area contributed by atoms with Crippen molar-refractivity contribution in [3.63, 3.8) is 0 Å². The molecule has 0 saturated heterocycles. The highest BCUT2D eigenvalue weighted by Gasteiger charge is 2.32. The number of halogens is 4. The Labute approximate surface area is 91.1 Å². The molecule has 0 amide bonds. The van der Waals surface area contributed by atoms with Crippen LogP contribution >= 0.6 is 15.9 Å². The maximum Gasteiger partial charge on any atom is 0.573 e. The van der Waals surface area contributed by atoms with Gasteiger partial charge in [-0.15, -0.1) is 13.2 Å². The topological polar surface area (TPSA) is 52.3 Å². The zero-order valence-electron chi connectivity index (χ0n) is 7.14. The van der Waals surface area contributed by atoms with Gasteiger partial charge in [0.2, 0.25) is 0 Å². The number of ether oxygens (including phenoxy) is 1. The predicted octanol–water partition coefficient (Wildman–Crippen LogP) is 2.74. The molecule has 0 fully saturated rings. The van der Waals surface area contributed by atoms with Gasteiger partial charge >= 0.3 is 6.36 Å². The highest BCUT2D eigenvalue weighted by Crippen LogP contribution is 2.31. The molecule has 82 valence electrons. The molecule has 0 atom stereocenters. The van der Waals surface area contributed by atoms with Crippen molar-refractivity contribution in [2.75, 3.05) is 5.73 Å². The fourth-order valence-electron chi connectivity index (χ4n) is 0.895. The minimum atomic E-state index is -4.84. The Morgan fingerprint density at radius 1 is 1.40 bits per heavy atom. The van der Waals surface area contributed by atoms with Gasteiger partial charge in [0.15, 0.2) is 6.29 Å². The third-order valence-corrected chi connectivity index (χ3v) is 2.17. The minimum Gasteiger partial charge on any atom is -0.405 e. The van der Waals surface area contributed by atoms with Crippen LogP contribution in [0.2, 0.25) is 0 Å². The summed E-state index contributed by atoms with van der Waals surface area (Å²) in [6.07, 6.45) is -4.60. The molecule has 0 aromatic heterocycles. The van der Waals surface area contributed by atoms with Crippen molar-refractivity contribution < 1.29 is 22.7 Å². The van der Waals surface area contributed by atoms with E-state index in [4.69, 9.17) is 5.73 Å². The molecular weight excluding hydrogens is 279 g/mol. The molecule has 0 radical (unpaired) electrons. The molecule has 15 heavy (non-hydrogen) atoms. The second kappa shape index (κ2) is 4.09. The molecule has 7 heteroatoms. The van der Waals surface area contributed by atoms with Crippen LogP contribution in [-0.4, -0.2) is 12.6 Å². The summed E-state index contributed by atoms with van der Waals surface area (Å²) in [5.41, 5.74) is 5.29. The maximum atomic E-state index is 11.9. The van der Waals surface area contributed by atoms with Crippen LogP contribution < -0.4 is 10.5 Å². The first kappa shape index (κ1) is 11.8. The van der Waals surface area contributed by atoms with E-state index in [1.54, 1.807) is 0 Å². The number of nitrogen functional groups attached to an aromatic ring is 1. The van der Waals surface area contributed by atoms with E-state index in [1.807, 2.05) is 0 Å². The summed E-state index contributed by atoms with van der Waals surface area (Å²) in [6, 6.07) is 2.09. The molecule has 0 spiro atoms. The normalized spacial score (nSPS) is 11.2. The zero-order chi connectivity index (χ0) is 11.6. The monoisotopic (exact) mass is 283 g/mol. The number of hydrogen-bond donors (Lipinski definition) is 1. The average molecular weight is 284 g/mol. The van der Waals surface area contributed by atoms with Gasteiger partial charge in [0.1, 0.15) is 5.75 Å². The Morgan fingerprint density at radius 2 is 2.00 bits per heavy atom. The first-order valence-corrected chi connectivity index (χ1v) is 4.42. The van der Waals surface area contributed by atoms with Crippen molar-refractivity contribution in [3.05, 3.63) is 22.2 Å². The number of carbonyl (C=O) groups is 1. The molecule has 0 saturated carbocycles. The summed E-state index contributed by atoms with van der Waals surface area (Å²) in [5, 5.41) is 0. The zero-order valence-corrected chi connectivity index (χ0v) is 8.72. The first-order valence-electron chi connectivity index (χ1n) is 3.63. The molecule has 1 rings (SSSR count). The number of hydrogen-bond acceptors (Lipinski definition) is 3. The Balaban J connectivity index is 3.16. The van der Waals surface area contributed by atoms with Gasteiger partial charge in [-0.1, -0.05) is 0 Å². The molecule has 0 aliphatic rings. The smallest absolute Gasteiger partial charge is 0.405 e. The van der Waals surface area contributed by atoms with Crippen LogP contribution in [0.25, 0.3) is 0 Å². The summed E-state index contributed by atoms with van der Waals surface area (Å²) < 4.78 is 39.6. The third-order valence-electron chi connectivity index (χ3n) is 1.48. The van der Waals surface area contributed by atoms with Gasteiger partial charge in [-0.2, -0.15) is 0 Å². The quantitative estimate of drug-likeness (QED) is 0.671. The number of benzene rings is 1. The van der Waals surface area contributed by atoms with E-state index >= 15 is 0 Å². The van der Waals surface area contributed by atoms with Crippen molar-refractivity contribution >= 4 is 27.9 Å². The predicted molar refractivity (Wildman–Crippen MR) is 50.6 cm³/mol. The van der Waals surface area contributed by atoms with Gasteiger partial charge in [0, 0.05) is 10.2 Å². The number of alkyl halides is 3. The summed E-state index contributed by atoms with van der Waals surface area (Å²) in [4.78, 5) is 10.5. The molecule has 0 unspecified atom stereocenters. The van der Waals surface area contributed by atoms with E-state index in [2.05, 4.69) is 20.7 Å². The van der Waals surface area contributed by atoms with Gasteiger partial charge < -0.3 is 10.5 Å². The molecule has 2 N–H and O–H groups in total. The Kier molecular flexibility index (Phi) is 3.23. The highest BCUT2D eigenvalue weighted by molar-refractivity contribution is 9.10. The summed E-state index contributed by atoms with van der Waals surface area (Å²) in [5.74, 6) is -0.585. The standard InChI is InChI=1S/C8H5BrF3NO2/c9-5-2-7(15-8(10,11)12)4(3-14)1-6(5)13/h1-3H,13H2. The molecule has 0 aliphatic heterocycles. The maximum absolute atomic E-state index is 11.9. The van der Waals surface area contributed by atoms with Gasteiger partial charge in [0.05, 0.1) is 5.56 Å². The van der Waals surface area contributed by atoms with E-state index < -0.39 is 12.1 Å². The minimum absolute atomic E-state index is 0.159. The van der Waals surface area contributed by atoms with Crippen LogP contribution in [0.1, 0.15) is 10.4 Å². The molecule has 1 aromatic carbocycles. The molecule has 0 aliphatic carbocycles. The van der Waals surface area contributed by atoms with Crippen LogP contribution in [0.3, 0.4) is 0 Å². The number of carbonyl (C=O) groups excluding carboxylic acids is 1. The van der Waals surface area contributed by atoms with E-state index in [1.165, 1.54) is 0 Å². The lowest BCUT2D eigenvalue weighted by molar-refractivity contribution is -0.274. The summed E-state index contributed by atoms with van der Waals surface area (Å²) in [6.45, 7) is 0. The fourth-order valence-corrected chi connectivity index (χ4v) is 1.22. The molecule has 3 nitrogen and oxygen atoms in total. The second-order valence-corrected chi connectivity index (χ2v) is 3.43. The number of rotatable bonds is 2. The van der Waals surface area contributed by atoms with Crippen molar-refractivity contribution in [1.29, 1.82) is 0 Å². The van der Waals surface area contributed by atoms with Crippen LogP contribution in [0, 0.1) is 0 Å². The molecule has 0 heterocycles. The van der Waals surface area contributed by atoms with E-state index in [0.29, 0.717) is 0 Å². The van der Waals surface area contributed by atoms with E-state index in [-0.39, 0.29) is 22.0 Å². The van der Waals surface area contributed by atoms with E-state index in [9.17, 15) is 18.0 Å². The van der Waals surface area contributed by atoms with Crippen molar-refractivity contribution in [3.8, 4) is 5.75 Å². The number of anilines is 1. The fraction of sp³-hybridized carbons (Fsp3) is 0.125. The van der Waals surface area contributed by atoms with E-state index in [0.717, 1.165) is 12.1 Å². The molecule has 1 aromatic rings. The lowest BCUT2D eigenvalue weighted by atomic mass is 10.2. The summed E-state index contributed by atoms with van der Waals surface area (Å²) in [7, 11) is 0. The van der Waals surface area contributed by atoms with Crippen LogP contribution in [-0.2, 0) is 0 Å². The molecule has 0 bridgehead atoms. The van der Waals surface area contributed by atoms with Crippen molar-refractivity contribution in [2.45, 2.75) is 6.36 Å². The van der Waals surface area contributed by atoms with Gasteiger partial charge in [0.25, 0.3) is 0 Å². The SMILES string of the molecule is Nc1cc(C=O)c(OC(F)(F)F)cc1Br. The van der Waals surface area contributed by atoms with Gasteiger partial charge in [-0.05, 0) is 28.1 Å². The third kappa shape index (κ3) is 3.12. The number of nitrogens with two attached hydrogens (primary N) is 1. The number of aldehydes is 1. The highest BCUT2D eigenvalue weighted by atomic mass is 79.9. The largest absolute Gasteiger partial charge is 0.573 e. The Hall–Kier alpha value is -1.24. The summed E-state index contributed by atoms with van der Waals surface area (Å²) >= 11 is 2.93. The molecular formula is C8H5BrF3NO2. The lowest BCUT2D eigenvalue weighted by Crippen LogP contribution is -2.18. The Morgan fingerprint density at radius 3 is 2.47 bits per heavy atom.